The Labute approximate surface area is 214 Å². The van der Waals surface area contributed by atoms with Gasteiger partial charge < -0.3 is 25.0 Å². The molecule has 0 amide bonds. The Bertz CT molecular complexity index is 1250. The molecule has 0 bridgehead atoms. The van der Waals surface area contributed by atoms with Crippen LogP contribution in [0.5, 0.6) is 5.75 Å². The second kappa shape index (κ2) is 10.5. The summed E-state index contributed by atoms with van der Waals surface area (Å²) in [5.74, 6) is -0.736. The van der Waals surface area contributed by atoms with E-state index in [4.69, 9.17) is 43.6 Å². The van der Waals surface area contributed by atoms with Crippen LogP contribution in [-0.4, -0.2) is 45.4 Å². The summed E-state index contributed by atoms with van der Waals surface area (Å²) < 4.78 is 52.0. The minimum atomic E-state index is -4.69. The molecule has 0 radical (unpaired) electrons. The van der Waals surface area contributed by atoms with Crippen LogP contribution in [0.2, 0.25) is 10.0 Å². The molecule has 8 nitrogen and oxygen atoms in total. The topological polar surface area (TPSA) is 121 Å². The highest BCUT2D eigenvalue weighted by atomic mass is 35.5. The number of nitrogens with zero attached hydrogens (tertiary/aromatic N) is 3. The van der Waals surface area contributed by atoms with Crippen molar-refractivity contribution in [1.29, 1.82) is 5.41 Å². The van der Waals surface area contributed by atoms with Crippen LogP contribution in [0.15, 0.2) is 40.9 Å². The van der Waals surface area contributed by atoms with Crippen LogP contribution in [0, 0.1) is 5.41 Å². The lowest BCUT2D eigenvalue weighted by molar-refractivity contribution is -0.138. The van der Waals surface area contributed by atoms with Crippen molar-refractivity contribution in [2.75, 3.05) is 13.2 Å². The molecule has 1 fully saturated rings. The number of ether oxygens (including phenoxy) is 1. The van der Waals surface area contributed by atoms with Crippen LogP contribution in [0.25, 0.3) is 11.4 Å². The van der Waals surface area contributed by atoms with E-state index in [0.29, 0.717) is 35.9 Å². The number of hydrogen-bond donors (Lipinski definition) is 3. The fourth-order valence-corrected chi connectivity index (χ4v) is 4.31. The first-order valence-corrected chi connectivity index (χ1v) is 11.7. The molecule has 1 aliphatic rings. The number of hydrogen-bond acceptors (Lipinski definition) is 6. The maximum absolute atomic E-state index is 13.8. The van der Waals surface area contributed by atoms with Gasteiger partial charge in [0.25, 0.3) is 5.89 Å². The molecule has 1 aromatic heterocycles. The normalized spacial score (nSPS) is 18.0. The number of benzene rings is 2. The summed E-state index contributed by atoms with van der Waals surface area (Å²) in [6.45, 7) is 0.365. The number of rotatable bonds is 7. The van der Waals surface area contributed by atoms with E-state index in [0.717, 1.165) is 11.6 Å². The van der Waals surface area contributed by atoms with Crippen molar-refractivity contribution in [2.45, 2.75) is 37.6 Å². The molecular formula is C23H22Cl2F3N5O3. The second-order valence-corrected chi connectivity index (χ2v) is 9.06. The standard InChI is InChI=1S/C23H22Cl2F3N5O3/c24-15-5-3-12(10-16(15)25)2-1-9-35-18-6-4-13(11-14(18)23(26,27)28)20-31-21(36-32-20)19-17(34)7-8-33(19)22(29)30/h3-6,10-11,17,19,34H,1-2,7-9H2,(H3,29,30)/t17-,19-/m0/s1. The monoisotopic (exact) mass is 543 g/mol. The molecule has 192 valence electrons. The number of aliphatic hydroxyl groups is 1. The second-order valence-electron chi connectivity index (χ2n) is 8.24. The minimum absolute atomic E-state index is 0.0404. The molecule has 36 heavy (non-hydrogen) atoms. The third-order valence-electron chi connectivity index (χ3n) is 5.76. The van der Waals surface area contributed by atoms with Gasteiger partial charge >= 0.3 is 6.18 Å². The number of likely N-dealkylation sites (tertiary alicyclic amines) is 1. The van der Waals surface area contributed by atoms with Gasteiger partial charge in [0.1, 0.15) is 11.8 Å². The van der Waals surface area contributed by atoms with Crippen LogP contribution >= 0.6 is 23.2 Å². The van der Waals surface area contributed by atoms with Gasteiger partial charge in [-0.2, -0.15) is 18.2 Å². The molecule has 4 N–H and O–H groups in total. The first-order chi connectivity index (χ1) is 17.0. The van der Waals surface area contributed by atoms with E-state index in [9.17, 15) is 18.3 Å². The molecule has 0 aliphatic carbocycles. The molecule has 0 spiro atoms. The molecule has 1 saturated heterocycles. The van der Waals surface area contributed by atoms with E-state index in [2.05, 4.69) is 10.1 Å². The highest BCUT2D eigenvalue weighted by Crippen LogP contribution is 2.39. The highest BCUT2D eigenvalue weighted by molar-refractivity contribution is 6.42. The Kier molecular flexibility index (Phi) is 7.62. The number of nitrogens with two attached hydrogens (primary N) is 1. The molecule has 2 atom stereocenters. The summed E-state index contributed by atoms with van der Waals surface area (Å²) in [6.07, 6.45) is -4.26. The van der Waals surface area contributed by atoms with Gasteiger partial charge in [0, 0.05) is 12.1 Å². The predicted octanol–water partition coefficient (Wildman–Crippen LogP) is 5.07. The largest absolute Gasteiger partial charge is 0.493 e. The number of nitrogens with one attached hydrogen (secondary N) is 1. The van der Waals surface area contributed by atoms with Crippen molar-refractivity contribution in [3.63, 3.8) is 0 Å². The number of guanidine groups is 1. The first kappa shape index (κ1) is 26.1. The lowest BCUT2D eigenvalue weighted by Gasteiger charge is -2.22. The van der Waals surface area contributed by atoms with Crippen molar-refractivity contribution in [3.05, 3.63) is 63.5 Å². The Balaban J connectivity index is 1.49. The molecule has 2 aromatic carbocycles. The number of alkyl halides is 3. The van der Waals surface area contributed by atoms with Crippen molar-refractivity contribution < 1.29 is 27.5 Å². The lowest BCUT2D eigenvalue weighted by atomic mass is 10.1. The van der Waals surface area contributed by atoms with Crippen LogP contribution in [0.1, 0.15) is 35.9 Å². The molecule has 4 rings (SSSR count). The Morgan fingerprint density at radius 3 is 2.69 bits per heavy atom. The molecule has 0 saturated carbocycles. The third-order valence-corrected chi connectivity index (χ3v) is 6.50. The van der Waals surface area contributed by atoms with E-state index in [1.54, 1.807) is 18.2 Å². The number of aliphatic hydroxyl groups excluding tert-OH is 1. The number of halogens is 5. The minimum Gasteiger partial charge on any atom is -0.493 e. The van der Waals surface area contributed by atoms with Crippen LogP contribution in [0.4, 0.5) is 13.2 Å². The third kappa shape index (κ3) is 5.69. The van der Waals surface area contributed by atoms with Gasteiger partial charge in [0.2, 0.25) is 5.82 Å². The quantitative estimate of drug-likeness (QED) is 0.216. The Hall–Kier alpha value is -3.02. The maximum Gasteiger partial charge on any atom is 0.419 e. The fourth-order valence-electron chi connectivity index (χ4n) is 3.99. The molecule has 0 unspecified atom stereocenters. The average Bonchev–Trinajstić information content (AvgIpc) is 3.45. The van der Waals surface area contributed by atoms with Gasteiger partial charge in [-0.15, -0.1) is 0 Å². The van der Waals surface area contributed by atoms with Crippen molar-refractivity contribution in [1.82, 2.24) is 15.0 Å². The number of aromatic nitrogens is 2. The molecule has 2 heterocycles. The zero-order valence-corrected chi connectivity index (χ0v) is 20.2. The van der Waals surface area contributed by atoms with Gasteiger partial charge in [0.15, 0.2) is 5.96 Å². The molecule has 1 aliphatic heterocycles. The van der Waals surface area contributed by atoms with Crippen molar-refractivity contribution in [2.24, 2.45) is 5.73 Å². The summed E-state index contributed by atoms with van der Waals surface area (Å²) in [5.41, 5.74) is 5.51. The SMILES string of the molecule is N=C(N)N1CC[C@H](O)[C@H]1c1nc(-c2ccc(OCCCc3ccc(Cl)c(Cl)c3)c(C(F)(F)F)c2)no1. The lowest BCUT2D eigenvalue weighted by Crippen LogP contribution is -2.37. The van der Waals surface area contributed by atoms with E-state index in [1.807, 2.05) is 0 Å². The summed E-state index contributed by atoms with van der Waals surface area (Å²) in [4.78, 5) is 5.55. The zero-order chi connectivity index (χ0) is 26.0. The van der Waals surface area contributed by atoms with Crippen LogP contribution in [0.3, 0.4) is 0 Å². The van der Waals surface area contributed by atoms with E-state index in [-0.39, 0.29) is 35.6 Å². The van der Waals surface area contributed by atoms with Gasteiger partial charge in [-0.3, -0.25) is 5.41 Å². The van der Waals surface area contributed by atoms with Gasteiger partial charge in [-0.1, -0.05) is 34.4 Å². The first-order valence-electron chi connectivity index (χ1n) is 11.0. The zero-order valence-electron chi connectivity index (χ0n) is 18.7. The summed E-state index contributed by atoms with van der Waals surface area (Å²) >= 11 is 11.9. The van der Waals surface area contributed by atoms with Crippen LogP contribution < -0.4 is 10.5 Å². The van der Waals surface area contributed by atoms with Crippen molar-refractivity contribution >= 4 is 29.2 Å². The summed E-state index contributed by atoms with van der Waals surface area (Å²) in [6, 6.07) is 7.81. The van der Waals surface area contributed by atoms with E-state index >= 15 is 0 Å². The predicted molar refractivity (Wildman–Crippen MR) is 127 cm³/mol. The van der Waals surface area contributed by atoms with Gasteiger partial charge in [-0.25, -0.2) is 0 Å². The van der Waals surface area contributed by atoms with Crippen LogP contribution in [-0.2, 0) is 12.6 Å². The van der Waals surface area contributed by atoms with Gasteiger partial charge in [-0.05, 0) is 55.2 Å². The van der Waals surface area contributed by atoms with Gasteiger partial charge in [0.05, 0.1) is 28.3 Å². The molecular weight excluding hydrogens is 522 g/mol. The Morgan fingerprint density at radius 2 is 2.00 bits per heavy atom. The van der Waals surface area contributed by atoms with E-state index in [1.165, 1.54) is 17.0 Å². The fraction of sp³-hybridized carbons (Fsp3) is 0.348. The van der Waals surface area contributed by atoms with Crippen molar-refractivity contribution in [3.8, 4) is 17.1 Å². The smallest absolute Gasteiger partial charge is 0.419 e. The number of aryl methyl sites for hydroxylation is 1. The molecule has 13 heteroatoms. The highest BCUT2D eigenvalue weighted by Gasteiger charge is 2.39. The Morgan fingerprint density at radius 1 is 1.22 bits per heavy atom. The van der Waals surface area contributed by atoms with E-state index < -0.39 is 23.9 Å². The summed E-state index contributed by atoms with van der Waals surface area (Å²) in [5, 5.41) is 22.5. The summed E-state index contributed by atoms with van der Waals surface area (Å²) in [7, 11) is 0. The molecule has 3 aromatic rings. The maximum atomic E-state index is 13.8. The average molecular weight is 544 g/mol.